The first-order valence-electron chi connectivity index (χ1n) is 6.51. The third kappa shape index (κ3) is 4.14. The maximum absolute atomic E-state index is 12.7. The monoisotopic (exact) mass is 328 g/mol. The smallest absolute Gasteiger partial charge is 0.318 e. The molecule has 6 heteroatoms. The molecule has 1 heterocycles. The minimum absolute atomic E-state index is 0. The van der Waals surface area contributed by atoms with E-state index in [4.69, 9.17) is 0 Å². The number of nitrogens with one attached hydrogen (secondary N) is 1. The number of hydrogen-bond donors (Lipinski definition) is 1. The Morgan fingerprint density at radius 1 is 1.20 bits per heavy atom. The van der Waals surface area contributed by atoms with Gasteiger partial charge in [-0.25, -0.2) is 5.01 Å². The van der Waals surface area contributed by atoms with Crippen LogP contribution >= 0.6 is 0 Å². The fourth-order valence-electron chi connectivity index (χ4n) is 2.39. The SMILES string of the molecule is CC1(C)CCCCN1Nc1cccc(C(F)(F)F)c1.[Fe]. The van der Waals surface area contributed by atoms with Gasteiger partial charge in [0.2, 0.25) is 0 Å². The predicted octanol–water partition coefficient (Wildman–Crippen LogP) is 4.29. The van der Waals surface area contributed by atoms with Gasteiger partial charge in [0.05, 0.1) is 5.56 Å². The van der Waals surface area contributed by atoms with Gasteiger partial charge in [0, 0.05) is 34.8 Å². The van der Waals surface area contributed by atoms with E-state index in [0.29, 0.717) is 5.69 Å². The second kappa shape index (κ2) is 6.37. The number of anilines is 1. The zero-order valence-corrected chi connectivity index (χ0v) is 12.7. The van der Waals surface area contributed by atoms with Gasteiger partial charge in [0.25, 0.3) is 0 Å². The zero-order valence-electron chi connectivity index (χ0n) is 11.6. The number of hydrazine groups is 1. The Balaban J connectivity index is 0.00000200. The summed E-state index contributed by atoms with van der Waals surface area (Å²) in [5.74, 6) is 0. The van der Waals surface area contributed by atoms with Gasteiger partial charge in [-0.2, -0.15) is 13.2 Å². The molecule has 0 spiro atoms. The van der Waals surface area contributed by atoms with E-state index in [0.717, 1.165) is 37.9 Å². The number of halogens is 3. The van der Waals surface area contributed by atoms with Gasteiger partial charge in [-0.1, -0.05) is 12.5 Å². The Kier molecular flexibility index (Phi) is 5.53. The maximum atomic E-state index is 12.7. The number of alkyl halides is 3. The number of nitrogens with zero attached hydrogens (tertiary/aromatic N) is 1. The van der Waals surface area contributed by atoms with Crippen LogP contribution in [0.25, 0.3) is 0 Å². The first kappa shape index (κ1) is 17.3. The molecular weight excluding hydrogens is 309 g/mol. The predicted molar refractivity (Wildman–Crippen MR) is 69.7 cm³/mol. The zero-order chi connectivity index (χ0) is 14.1. The molecule has 1 aromatic carbocycles. The molecule has 0 aliphatic carbocycles. The molecule has 1 fully saturated rings. The van der Waals surface area contributed by atoms with Crippen molar-refractivity contribution in [3.8, 4) is 0 Å². The van der Waals surface area contributed by atoms with Crippen LogP contribution in [-0.2, 0) is 23.2 Å². The number of rotatable bonds is 2. The molecule has 114 valence electrons. The van der Waals surface area contributed by atoms with Crippen molar-refractivity contribution in [2.75, 3.05) is 12.0 Å². The Morgan fingerprint density at radius 3 is 2.50 bits per heavy atom. The largest absolute Gasteiger partial charge is 0.416 e. The summed E-state index contributed by atoms with van der Waals surface area (Å²) in [6, 6.07) is 5.35. The third-order valence-electron chi connectivity index (χ3n) is 3.60. The molecule has 20 heavy (non-hydrogen) atoms. The van der Waals surface area contributed by atoms with Gasteiger partial charge in [-0.15, -0.1) is 0 Å². The average molecular weight is 328 g/mol. The standard InChI is InChI=1S/C14H19F3N2.Fe/c1-13(2)8-3-4-9-19(13)18-12-7-5-6-11(10-12)14(15,16)17;/h5-7,10,18H,3-4,8-9H2,1-2H3;. The minimum Gasteiger partial charge on any atom is -0.318 e. The van der Waals surface area contributed by atoms with E-state index < -0.39 is 11.7 Å². The Bertz CT molecular complexity index is 446. The van der Waals surface area contributed by atoms with Crippen molar-refractivity contribution >= 4 is 5.69 Å². The fourth-order valence-corrected chi connectivity index (χ4v) is 2.39. The number of piperidine rings is 1. The molecule has 0 amide bonds. The molecule has 0 atom stereocenters. The van der Waals surface area contributed by atoms with E-state index in [1.165, 1.54) is 6.07 Å². The van der Waals surface area contributed by atoms with Crippen LogP contribution in [0.1, 0.15) is 38.7 Å². The van der Waals surface area contributed by atoms with Gasteiger partial charge >= 0.3 is 6.18 Å². The van der Waals surface area contributed by atoms with Gasteiger partial charge in [-0.3, -0.25) is 0 Å². The normalized spacial score (nSPS) is 19.2. The van der Waals surface area contributed by atoms with Gasteiger partial charge < -0.3 is 5.43 Å². The molecule has 1 saturated heterocycles. The minimum atomic E-state index is -4.30. The van der Waals surface area contributed by atoms with Crippen molar-refractivity contribution < 1.29 is 30.2 Å². The van der Waals surface area contributed by atoms with Crippen LogP contribution in [0, 0.1) is 0 Å². The fraction of sp³-hybridized carbons (Fsp3) is 0.571. The molecule has 1 aliphatic heterocycles. The van der Waals surface area contributed by atoms with E-state index in [1.807, 2.05) is 5.01 Å². The summed E-state index contributed by atoms with van der Waals surface area (Å²) < 4.78 is 38.0. The Labute approximate surface area is 128 Å². The number of benzene rings is 1. The molecule has 0 unspecified atom stereocenters. The van der Waals surface area contributed by atoms with Crippen LogP contribution in [0.3, 0.4) is 0 Å². The van der Waals surface area contributed by atoms with Crippen molar-refractivity contribution in [3.05, 3.63) is 29.8 Å². The first-order chi connectivity index (χ1) is 8.79. The van der Waals surface area contributed by atoms with E-state index in [2.05, 4.69) is 19.3 Å². The van der Waals surface area contributed by atoms with Crippen LogP contribution in [0.4, 0.5) is 18.9 Å². The van der Waals surface area contributed by atoms with Crippen molar-refractivity contribution in [2.45, 2.75) is 44.8 Å². The average Bonchev–Trinajstić information content (AvgIpc) is 2.31. The molecule has 2 nitrogen and oxygen atoms in total. The van der Waals surface area contributed by atoms with Crippen LogP contribution in [0.15, 0.2) is 24.3 Å². The molecule has 0 bridgehead atoms. The molecule has 1 N–H and O–H groups in total. The van der Waals surface area contributed by atoms with E-state index in [1.54, 1.807) is 6.07 Å². The molecule has 0 radical (unpaired) electrons. The third-order valence-corrected chi connectivity index (χ3v) is 3.60. The first-order valence-corrected chi connectivity index (χ1v) is 6.51. The molecule has 1 aromatic rings. The molecule has 0 saturated carbocycles. The molecule has 1 aliphatic rings. The molecule has 0 aromatic heterocycles. The molecule has 2 rings (SSSR count). The van der Waals surface area contributed by atoms with Crippen LogP contribution in [0.5, 0.6) is 0 Å². The van der Waals surface area contributed by atoms with E-state index >= 15 is 0 Å². The number of hydrogen-bond acceptors (Lipinski definition) is 2. The van der Waals surface area contributed by atoms with Crippen LogP contribution in [-0.4, -0.2) is 17.1 Å². The van der Waals surface area contributed by atoms with Crippen molar-refractivity contribution in [2.24, 2.45) is 0 Å². The van der Waals surface area contributed by atoms with Crippen molar-refractivity contribution in [1.82, 2.24) is 5.01 Å². The van der Waals surface area contributed by atoms with Gasteiger partial charge in [0.1, 0.15) is 0 Å². The van der Waals surface area contributed by atoms with Crippen LogP contribution in [0.2, 0.25) is 0 Å². The van der Waals surface area contributed by atoms with Crippen molar-refractivity contribution in [3.63, 3.8) is 0 Å². The topological polar surface area (TPSA) is 15.3 Å². The maximum Gasteiger partial charge on any atom is 0.416 e. The van der Waals surface area contributed by atoms with E-state index in [-0.39, 0.29) is 22.6 Å². The molecular formula is C14H19F3FeN2. The quantitative estimate of drug-likeness (QED) is 0.815. The van der Waals surface area contributed by atoms with Gasteiger partial charge in [-0.05, 0) is 44.9 Å². The summed E-state index contributed by atoms with van der Waals surface area (Å²) in [6.07, 6.45) is -1.03. The summed E-state index contributed by atoms with van der Waals surface area (Å²) in [5.41, 5.74) is 2.95. The second-order valence-electron chi connectivity index (χ2n) is 5.61. The van der Waals surface area contributed by atoms with Gasteiger partial charge in [0.15, 0.2) is 0 Å². The summed E-state index contributed by atoms with van der Waals surface area (Å²) in [4.78, 5) is 0. The van der Waals surface area contributed by atoms with E-state index in [9.17, 15) is 13.2 Å². The van der Waals surface area contributed by atoms with Crippen molar-refractivity contribution in [1.29, 1.82) is 0 Å². The Morgan fingerprint density at radius 2 is 1.90 bits per heavy atom. The van der Waals surface area contributed by atoms with Crippen LogP contribution < -0.4 is 5.43 Å². The second-order valence-corrected chi connectivity index (χ2v) is 5.61. The summed E-state index contributed by atoms with van der Waals surface area (Å²) >= 11 is 0. The summed E-state index contributed by atoms with van der Waals surface area (Å²) in [5, 5.41) is 2.03. The summed E-state index contributed by atoms with van der Waals surface area (Å²) in [6.45, 7) is 5.06. The summed E-state index contributed by atoms with van der Waals surface area (Å²) in [7, 11) is 0. The Hall–Kier alpha value is -0.711.